The van der Waals surface area contributed by atoms with Crippen molar-refractivity contribution in [2.75, 3.05) is 39.3 Å². The van der Waals surface area contributed by atoms with Gasteiger partial charge in [-0.1, -0.05) is 6.42 Å². The number of guanidine groups is 1. The highest BCUT2D eigenvalue weighted by Crippen LogP contribution is 2.26. The van der Waals surface area contributed by atoms with Gasteiger partial charge < -0.3 is 20.3 Å². The summed E-state index contributed by atoms with van der Waals surface area (Å²) in [5.41, 5.74) is 0. The van der Waals surface area contributed by atoms with Crippen LogP contribution in [-0.4, -0.2) is 62.1 Å². The lowest BCUT2D eigenvalue weighted by atomic mass is 9.85. The second-order valence-electron chi connectivity index (χ2n) is 7.05. The number of carbonyl (C=O) groups is 2. The van der Waals surface area contributed by atoms with E-state index < -0.39 is 0 Å². The molecule has 148 valence electrons. The second-order valence-corrected chi connectivity index (χ2v) is 7.05. The number of hydrogen-bond acceptors (Lipinski definition) is 4. The van der Waals surface area contributed by atoms with Crippen molar-refractivity contribution in [3.05, 3.63) is 0 Å². The van der Waals surface area contributed by atoms with Crippen LogP contribution in [0.5, 0.6) is 0 Å². The molecule has 0 aromatic heterocycles. The fourth-order valence-electron chi connectivity index (χ4n) is 3.34. The molecule has 0 bridgehead atoms. The van der Waals surface area contributed by atoms with E-state index in [2.05, 4.69) is 20.5 Å². The van der Waals surface area contributed by atoms with Crippen LogP contribution >= 0.6 is 0 Å². The summed E-state index contributed by atoms with van der Waals surface area (Å²) in [4.78, 5) is 30.7. The predicted molar refractivity (Wildman–Crippen MR) is 102 cm³/mol. The highest BCUT2D eigenvalue weighted by molar-refractivity contribution is 5.81. The maximum absolute atomic E-state index is 12.0. The lowest BCUT2D eigenvalue weighted by Gasteiger charge is -2.34. The zero-order valence-electron chi connectivity index (χ0n) is 16.3. The van der Waals surface area contributed by atoms with Crippen LogP contribution in [-0.2, 0) is 14.3 Å². The van der Waals surface area contributed by atoms with E-state index in [0.29, 0.717) is 26.2 Å². The van der Waals surface area contributed by atoms with Gasteiger partial charge in [-0.2, -0.15) is 0 Å². The Hall–Kier alpha value is -1.79. The van der Waals surface area contributed by atoms with Gasteiger partial charge in [0.15, 0.2) is 5.96 Å². The summed E-state index contributed by atoms with van der Waals surface area (Å²) in [5.74, 6) is 1.11. The molecular formula is C19H34N4O3. The Labute approximate surface area is 156 Å². The van der Waals surface area contributed by atoms with Crippen molar-refractivity contribution >= 4 is 17.8 Å². The van der Waals surface area contributed by atoms with Gasteiger partial charge in [0.2, 0.25) is 5.91 Å². The Morgan fingerprint density at radius 1 is 1.12 bits per heavy atom. The normalized spacial score (nSPS) is 21.1. The predicted octanol–water partition coefficient (Wildman–Crippen LogP) is 1.53. The molecule has 1 saturated heterocycles. The molecule has 7 heteroatoms. The van der Waals surface area contributed by atoms with Crippen LogP contribution in [0.15, 0.2) is 4.99 Å². The van der Waals surface area contributed by atoms with Crippen molar-refractivity contribution in [2.45, 2.75) is 52.4 Å². The van der Waals surface area contributed by atoms with Crippen LogP contribution in [0, 0.1) is 11.8 Å². The third-order valence-corrected chi connectivity index (χ3v) is 5.05. The molecule has 2 aliphatic rings. The van der Waals surface area contributed by atoms with Crippen LogP contribution in [0.25, 0.3) is 0 Å². The molecule has 7 nitrogen and oxygen atoms in total. The average molecular weight is 367 g/mol. The minimum Gasteiger partial charge on any atom is -0.466 e. The highest BCUT2D eigenvalue weighted by atomic mass is 16.5. The van der Waals surface area contributed by atoms with Crippen molar-refractivity contribution in [1.82, 2.24) is 15.5 Å². The smallest absolute Gasteiger partial charge is 0.310 e. The van der Waals surface area contributed by atoms with E-state index in [1.54, 1.807) is 0 Å². The lowest BCUT2D eigenvalue weighted by Crippen LogP contribution is -2.48. The van der Waals surface area contributed by atoms with Gasteiger partial charge in [-0.3, -0.25) is 14.6 Å². The first-order valence-electron chi connectivity index (χ1n) is 10.1. The molecule has 1 amide bonds. The molecule has 0 radical (unpaired) electrons. The van der Waals surface area contributed by atoms with E-state index in [4.69, 9.17) is 4.74 Å². The topological polar surface area (TPSA) is 83.0 Å². The number of ether oxygens (including phenoxy) is 1. The lowest BCUT2D eigenvalue weighted by molar-refractivity contribution is -0.149. The van der Waals surface area contributed by atoms with Gasteiger partial charge in [0.05, 0.1) is 12.5 Å². The third-order valence-electron chi connectivity index (χ3n) is 5.05. The van der Waals surface area contributed by atoms with Crippen molar-refractivity contribution in [3.63, 3.8) is 0 Å². The Morgan fingerprint density at radius 2 is 1.88 bits per heavy atom. The summed E-state index contributed by atoms with van der Waals surface area (Å²) in [7, 11) is 0. The number of amides is 1. The molecule has 0 aromatic rings. The fraction of sp³-hybridized carbons (Fsp3) is 0.842. The molecule has 2 N–H and O–H groups in total. The van der Waals surface area contributed by atoms with Gasteiger partial charge in [0.25, 0.3) is 0 Å². The number of nitrogens with one attached hydrogen (secondary N) is 2. The number of esters is 1. The van der Waals surface area contributed by atoms with Gasteiger partial charge in [-0.05, 0) is 46.0 Å². The molecule has 1 aliphatic carbocycles. The molecule has 0 aromatic carbocycles. The summed E-state index contributed by atoms with van der Waals surface area (Å²) in [6.07, 6.45) is 5.91. The van der Waals surface area contributed by atoms with Crippen molar-refractivity contribution < 1.29 is 14.3 Å². The molecule has 2 fully saturated rings. The number of nitrogens with zero attached hydrogens (tertiary/aromatic N) is 2. The van der Waals surface area contributed by atoms with Crippen LogP contribution in [0.3, 0.4) is 0 Å². The van der Waals surface area contributed by atoms with E-state index in [1.807, 2.05) is 13.8 Å². The quantitative estimate of drug-likeness (QED) is 0.295. The van der Waals surface area contributed by atoms with Gasteiger partial charge in [0, 0.05) is 38.6 Å². The SMILES string of the molecule is CCNC(=NCCCNC(=O)C1CCC1)N1CCC[C@H](C(=O)OCC)C1. The number of likely N-dealkylation sites (tertiary alicyclic amines) is 1. The first-order valence-corrected chi connectivity index (χ1v) is 10.1. The molecule has 26 heavy (non-hydrogen) atoms. The van der Waals surface area contributed by atoms with E-state index >= 15 is 0 Å². The Morgan fingerprint density at radius 3 is 2.54 bits per heavy atom. The van der Waals surface area contributed by atoms with Gasteiger partial charge in [0.1, 0.15) is 0 Å². The molecular weight excluding hydrogens is 332 g/mol. The zero-order valence-corrected chi connectivity index (χ0v) is 16.3. The van der Waals surface area contributed by atoms with E-state index in [-0.39, 0.29) is 23.7 Å². The Bertz CT molecular complexity index is 491. The summed E-state index contributed by atoms with van der Waals surface area (Å²) >= 11 is 0. The number of rotatable bonds is 8. The fourth-order valence-corrected chi connectivity index (χ4v) is 3.34. The minimum atomic E-state index is -0.105. The first-order chi connectivity index (χ1) is 12.7. The van der Waals surface area contributed by atoms with Crippen molar-refractivity contribution in [3.8, 4) is 0 Å². The average Bonchev–Trinajstić information content (AvgIpc) is 2.59. The Balaban J connectivity index is 1.77. The van der Waals surface area contributed by atoms with Gasteiger partial charge in [-0.25, -0.2) is 0 Å². The molecule has 0 unspecified atom stereocenters. The highest BCUT2D eigenvalue weighted by Gasteiger charge is 2.28. The first kappa shape index (κ1) is 20.5. The molecule has 1 heterocycles. The maximum Gasteiger partial charge on any atom is 0.310 e. The van der Waals surface area contributed by atoms with E-state index in [1.165, 1.54) is 6.42 Å². The van der Waals surface area contributed by atoms with Gasteiger partial charge in [-0.15, -0.1) is 0 Å². The van der Waals surface area contributed by atoms with Crippen LogP contribution in [0.4, 0.5) is 0 Å². The molecule has 1 atom stereocenters. The van der Waals surface area contributed by atoms with Crippen LogP contribution in [0.2, 0.25) is 0 Å². The third kappa shape index (κ3) is 6.18. The number of aliphatic imine (C=N–C) groups is 1. The minimum absolute atomic E-state index is 0.0747. The standard InChI is InChI=1S/C19H34N4O3/c1-3-20-19(22-12-7-11-21-17(24)15-8-5-9-15)23-13-6-10-16(14-23)18(25)26-4-2/h15-16H,3-14H2,1-2H3,(H,20,22)(H,21,24)/t16-/m0/s1. The van der Waals surface area contributed by atoms with Crippen LogP contribution < -0.4 is 10.6 Å². The largest absolute Gasteiger partial charge is 0.466 e. The molecule has 0 spiro atoms. The van der Waals surface area contributed by atoms with Gasteiger partial charge >= 0.3 is 5.97 Å². The molecule has 1 saturated carbocycles. The van der Waals surface area contributed by atoms with E-state index in [0.717, 1.165) is 51.2 Å². The van der Waals surface area contributed by atoms with E-state index in [9.17, 15) is 9.59 Å². The second kappa shape index (κ2) is 11.0. The number of hydrogen-bond donors (Lipinski definition) is 2. The van der Waals surface area contributed by atoms with Crippen molar-refractivity contribution in [2.24, 2.45) is 16.8 Å². The number of piperidine rings is 1. The molecule has 1 aliphatic heterocycles. The Kier molecular flexibility index (Phi) is 8.71. The summed E-state index contributed by atoms with van der Waals surface area (Å²) < 4.78 is 5.17. The summed E-state index contributed by atoms with van der Waals surface area (Å²) in [6.45, 7) is 7.99. The summed E-state index contributed by atoms with van der Waals surface area (Å²) in [6, 6.07) is 0. The molecule has 2 rings (SSSR count). The van der Waals surface area contributed by atoms with Crippen LogP contribution in [0.1, 0.15) is 52.4 Å². The maximum atomic E-state index is 12.0. The number of carbonyl (C=O) groups excluding carboxylic acids is 2. The monoisotopic (exact) mass is 366 g/mol. The summed E-state index contributed by atoms with van der Waals surface area (Å²) in [5, 5.41) is 6.32. The van der Waals surface area contributed by atoms with Crippen molar-refractivity contribution in [1.29, 1.82) is 0 Å². The zero-order chi connectivity index (χ0) is 18.8.